The largest absolute Gasteiger partial charge is 0.393 e. The molecule has 0 spiro atoms. The van der Waals surface area contributed by atoms with Crippen LogP contribution >= 0.6 is 0 Å². The molecule has 2 N–H and O–H groups in total. The second-order valence-corrected chi connectivity index (χ2v) is 7.18. The van der Waals surface area contributed by atoms with E-state index in [1.54, 1.807) is 6.92 Å². The standard InChI is InChI=1S/C20H32O3/c1-14(12-23-13-18-10-8-7-9-11-18)19(22)15(2)16(3)20(5,6)17(4)21/h7-11,14-15,17,19,21-22H,3,12-13H2,1-2,4-6H3/t14-,15+,17?,19+/m0/s1. The summed E-state index contributed by atoms with van der Waals surface area (Å²) < 4.78 is 5.73. The summed E-state index contributed by atoms with van der Waals surface area (Å²) in [6.45, 7) is 14.8. The smallest absolute Gasteiger partial charge is 0.0717 e. The van der Waals surface area contributed by atoms with Gasteiger partial charge in [0.1, 0.15) is 0 Å². The zero-order valence-electron chi connectivity index (χ0n) is 15.1. The van der Waals surface area contributed by atoms with Crippen LogP contribution < -0.4 is 0 Å². The van der Waals surface area contributed by atoms with Crippen LogP contribution in [0.4, 0.5) is 0 Å². The van der Waals surface area contributed by atoms with E-state index in [0.29, 0.717) is 13.2 Å². The van der Waals surface area contributed by atoms with E-state index in [4.69, 9.17) is 4.74 Å². The summed E-state index contributed by atoms with van der Waals surface area (Å²) in [5, 5.41) is 20.5. The van der Waals surface area contributed by atoms with Crippen LogP contribution in [0.25, 0.3) is 0 Å². The van der Waals surface area contributed by atoms with Gasteiger partial charge in [-0.05, 0) is 12.5 Å². The lowest BCUT2D eigenvalue weighted by molar-refractivity contribution is 0.00196. The van der Waals surface area contributed by atoms with Crippen LogP contribution in [-0.2, 0) is 11.3 Å². The Balaban J connectivity index is 2.52. The molecule has 1 aromatic carbocycles. The van der Waals surface area contributed by atoms with Crippen LogP contribution in [0.1, 0.15) is 40.2 Å². The zero-order chi connectivity index (χ0) is 17.6. The first-order valence-electron chi connectivity index (χ1n) is 8.35. The van der Waals surface area contributed by atoms with Gasteiger partial charge in [0.15, 0.2) is 0 Å². The molecule has 23 heavy (non-hydrogen) atoms. The number of aliphatic hydroxyl groups excluding tert-OH is 2. The predicted molar refractivity (Wildman–Crippen MR) is 95.0 cm³/mol. The highest BCUT2D eigenvalue weighted by Crippen LogP contribution is 2.36. The first kappa shape index (κ1) is 19.9. The Bertz CT molecular complexity index is 479. The average Bonchev–Trinajstić information content (AvgIpc) is 2.53. The SMILES string of the molecule is C=C([C@@H](C)[C@H](O)[C@@H](C)COCc1ccccc1)C(C)(C)C(C)O. The lowest BCUT2D eigenvalue weighted by atomic mass is 9.72. The summed E-state index contributed by atoms with van der Waals surface area (Å²) in [7, 11) is 0. The fraction of sp³-hybridized carbons (Fsp3) is 0.600. The molecule has 3 heteroatoms. The molecule has 4 atom stereocenters. The predicted octanol–water partition coefficient (Wildman–Crippen LogP) is 3.80. The quantitative estimate of drug-likeness (QED) is 0.680. The van der Waals surface area contributed by atoms with Crippen LogP contribution in [0, 0.1) is 17.3 Å². The van der Waals surface area contributed by atoms with Crippen molar-refractivity contribution >= 4 is 0 Å². The Labute approximate surface area is 141 Å². The topological polar surface area (TPSA) is 49.7 Å². The molecule has 0 amide bonds. The molecule has 0 saturated carbocycles. The lowest BCUT2D eigenvalue weighted by Gasteiger charge is -2.37. The van der Waals surface area contributed by atoms with Crippen molar-refractivity contribution in [3.05, 3.63) is 48.0 Å². The first-order chi connectivity index (χ1) is 10.7. The number of hydrogen-bond donors (Lipinski definition) is 2. The highest BCUT2D eigenvalue weighted by atomic mass is 16.5. The van der Waals surface area contributed by atoms with E-state index in [-0.39, 0.29) is 11.8 Å². The van der Waals surface area contributed by atoms with Gasteiger partial charge in [0.2, 0.25) is 0 Å². The van der Waals surface area contributed by atoms with E-state index in [2.05, 4.69) is 6.58 Å². The van der Waals surface area contributed by atoms with Gasteiger partial charge in [-0.1, -0.05) is 70.2 Å². The Morgan fingerprint density at radius 2 is 1.70 bits per heavy atom. The van der Waals surface area contributed by atoms with Crippen molar-refractivity contribution in [3.8, 4) is 0 Å². The van der Waals surface area contributed by atoms with E-state index in [1.807, 2.05) is 58.0 Å². The summed E-state index contributed by atoms with van der Waals surface area (Å²) in [4.78, 5) is 0. The minimum Gasteiger partial charge on any atom is -0.393 e. The zero-order valence-corrected chi connectivity index (χ0v) is 15.1. The monoisotopic (exact) mass is 320 g/mol. The maximum Gasteiger partial charge on any atom is 0.0717 e. The van der Waals surface area contributed by atoms with Gasteiger partial charge in [0.25, 0.3) is 0 Å². The molecule has 0 aliphatic rings. The maximum atomic E-state index is 10.6. The summed E-state index contributed by atoms with van der Waals surface area (Å²) in [6, 6.07) is 10.0. The van der Waals surface area contributed by atoms with E-state index in [9.17, 15) is 10.2 Å². The van der Waals surface area contributed by atoms with E-state index >= 15 is 0 Å². The number of benzene rings is 1. The van der Waals surface area contributed by atoms with Gasteiger partial charge in [-0.2, -0.15) is 0 Å². The molecule has 1 aromatic rings. The van der Waals surface area contributed by atoms with Crippen LogP contribution in [0.15, 0.2) is 42.5 Å². The van der Waals surface area contributed by atoms with Crippen molar-refractivity contribution < 1.29 is 14.9 Å². The molecule has 130 valence electrons. The fourth-order valence-electron chi connectivity index (χ4n) is 2.59. The molecular formula is C20H32O3. The minimum atomic E-state index is -0.545. The average molecular weight is 320 g/mol. The van der Waals surface area contributed by atoms with Gasteiger partial charge in [0.05, 0.1) is 25.4 Å². The Morgan fingerprint density at radius 3 is 2.22 bits per heavy atom. The van der Waals surface area contributed by atoms with Crippen LogP contribution in [0.5, 0.6) is 0 Å². The van der Waals surface area contributed by atoms with Crippen molar-refractivity contribution in [2.75, 3.05) is 6.61 Å². The molecule has 1 unspecified atom stereocenters. The summed E-state index contributed by atoms with van der Waals surface area (Å²) in [6.07, 6.45) is -1.05. The molecule has 1 rings (SSSR count). The summed E-state index contributed by atoms with van der Waals surface area (Å²) in [5.41, 5.74) is 1.57. The van der Waals surface area contributed by atoms with Gasteiger partial charge >= 0.3 is 0 Å². The second kappa shape index (κ2) is 8.62. The highest BCUT2D eigenvalue weighted by Gasteiger charge is 2.34. The normalized spacial score (nSPS) is 17.3. The molecule has 0 bridgehead atoms. The number of rotatable bonds is 9. The van der Waals surface area contributed by atoms with Crippen molar-refractivity contribution in [2.24, 2.45) is 17.3 Å². The molecule has 0 aromatic heterocycles. The van der Waals surface area contributed by atoms with Gasteiger partial charge in [-0.15, -0.1) is 0 Å². The fourth-order valence-corrected chi connectivity index (χ4v) is 2.59. The van der Waals surface area contributed by atoms with Crippen LogP contribution in [-0.4, -0.2) is 29.0 Å². The molecule has 0 aliphatic heterocycles. The first-order valence-corrected chi connectivity index (χ1v) is 8.35. The van der Waals surface area contributed by atoms with Gasteiger partial charge < -0.3 is 14.9 Å². The molecule has 0 radical (unpaired) electrons. The van der Waals surface area contributed by atoms with Crippen molar-refractivity contribution in [1.29, 1.82) is 0 Å². The second-order valence-electron chi connectivity index (χ2n) is 7.18. The van der Waals surface area contributed by atoms with E-state index in [0.717, 1.165) is 11.1 Å². The van der Waals surface area contributed by atoms with Crippen molar-refractivity contribution in [1.82, 2.24) is 0 Å². The molecule has 0 heterocycles. The van der Waals surface area contributed by atoms with E-state index in [1.165, 1.54) is 0 Å². The van der Waals surface area contributed by atoms with E-state index < -0.39 is 17.6 Å². The van der Waals surface area contributed by atoms with Gasteiger partial charge in [-0.3, -0.25) is 0 Å². The number of hydrogen-bond acceptors (Lipinski definition) is 3. The Morgan fingerprint density at radius 1 is 1.13 bits per heavy atom. The van der Waals surface area contributed by atoms with Crippen LogP contribution in [0.3, 0.4) is 0 Å². The van der Waals surface area contributed by atoms with Gasteiger partial charge in [0, 0.05) is 17.3 Å². The number of aliphatic hydroxyl groups is 2. The molecule has 0 fully saturated rings. The highest BCUT2D eigenvalue weighted by molar-refractivity contribution is 5.15. The Hall–Kier alpha value is -1.16. The third-order valence-electron chi connectivity index (χ3n) is 5.01. The Kier molecular flexibility index (Phi) is 7.46. The maximum absolute atomic E-state index is 10.6. The summed E-state index contributed by atoms with van der Waals surface area (Å²) in [5.74, 6) is -0.106. The third kappa shape index (κ3) is 5.45. The third-order valence-corrected chi connectivity index (χ3v) is 5.01. The van der Waals surface area contributed by atoms with Crippen molar-refractivity contribution in [3.63, 3.8) is 0 Å². The number of ether oxygens (including phenoxy) is 1. The van der Waals surface area contributed by atoms with Gasteiger partial charge in [-0.25, -0.2) is 0 Å². The minimum absolute atomic E-state index is 0.00439. The summed E-state index contributed by atoms with van der Waals surface area (Å²) >= 11 is 0. The molecular weight excluding hydrogens is 288 g/mol. The molecule has 0 saturated heterocycles. The molecule has 3 nitrogen and oxygen atoms in total. The lowest BCUT2D eigenvalue weighted by Crippen LogP contribution is -2.37. The van der Waals surface area contributed by atoms with Crippen LogP contribution in [0.2, 0.25) is 0 Å². The molecule has 0 aliphatic carbocycles. The van der Waals surface area contributed by atoms with Crippen molar-refractivity contribution in [2.45, 2.75) is 53.4 Å².